The minimum atomic E-state index is 0.246. The van der Waals surface area contributed by atoms with Crippen LogP contribution in [0.5, 0.6) is 0 Å². The fourth-order valence-electron chi connectivity index (χ4n) is 1.05. The van der Waals surface area contributed by atoms with Gasteiger partial charge in [0.15, 0.2) is 0 Å². The summed E-state index contributed by atoms with van der Waals surface area (Å²) in [4.78, 5) is 0. The summed E-state index contributed by atoms with van der Waals surface area (Å²) < 4.78 is 0. The van der Waals surface area contributed by atoms with E-state index < -0.39 is 0 Å². The third kappa shape index (κ3) is 1.74. The Bertz CT molecular complexity index is 161. The molecule has 1 nitrogen and oxygen atoms in total. The topological polar surface area (TPSA) is 20.2 Å². The normalized spacial score (nSPS) is 24.2. The Balaban J connectivity index is 2.46. The Kier molecular flexibility index (Phi) is 2.75. The second-order valence-corrected chi connectivity index (χ2v) is 2.54. The first-order valence-electron chi connectivity index (χ1n) is 3.71. The van der Waals surface area contributed by atoms with Gasteiger partial charge >= 0.3 is 0 Å². The number of hydrogen-bond donors (Lipinski definition) is 1. The van der Waals surface area contributed by atoms with Crippen molar-refractivity contribution < 1.29 is 5.02 Å². The highest BCUT2D eigenvalue weighted by atomic mass is 16.2. The highest BCUT2D eigenvalue weighted by Gasteiger charge is 2.07. The summed E-state index contributed by atoms with van der Waals surface area (Å²) in [6, 6.07) is 0. The van der Waals surface area contributed by atoms with Gasteiger partial charge in [-0.25, -0.2) is 0 Å². The third-order valence-electron chi connectivity index (χ3n) is 1.81. The molecule has 0 aliphatic heterocycles. The van der Waals surface area contributed by atoms with Crippen molar-refractivity contribution in [3.8, 4) is 0 Å². The minimum absolute atomic E-state index is 0.246. The van der Waals surface area contributed by atoms with E-state index in [0.29, 0.717) is 0 Å². The van der Waals surface area contributed by atoms with Gasteiger partial charge in [-0.2, -0.15) is 0 Å². The standard InChI is InChI=1S/C8H12BO/c1-2-7-3-5-8(9-10)6-4-7/h3-5,8,10H,2,6H2,1H3. The van der Waals surface area contributed by atoms with E-state index in [1.807, 2.05) is 6.08 Å². The maximum atomic E-state index is 8.64. The first-order chi connectivity index (χ1) is 4.86. The molecule has 1 N–H and O–H groups in total. The van der Waals surface area contributed by atoms with Gasteiger partial charge in [-0.15, -0.1) is 0 Å². The van der Waals surface area contributed by atoms with Crippen LogP contribution < -0.4 is 0 Å². The van der Waals surface area contributed by atoms with Gasteiger partial charge < -0.3 is 5.02 Å². The summed E-state index contributed by atoms with van der Waals surface area (Å²) in [7, 11) is 1.25. The Morgan fingerprint density at radius 3 is 3.00 bits per heavy atom. The van der Waals surface area contributed by atoms with Gasteiger partial charge in [0.25, 0.3) is 7.48 Å². The molecule has 0 bridgehead atoms. The van der Waals surface area contributed by atoms with Gasteiger partial charge in [0.05, 0.1) is 0 Å². The van der Waals surface area contributed by atoms with Crippen LogP contribution in [0.1, 0.15) is 19.8 Å². The molecule has 0 spiro atoms. The Labute approximate surface area is 62.7 Å². The predicted molar refractivity (Wildman–Crippen MR) is 43.9 cm³/mol. The summed E-state index contributed by atoms with van der Waals surface area (Å²) in [5.74, 6) is 0.246. The molecule has 0 fully saturated rings. The van der Waals surface area contributed by atoms with E-state index in [0.717, 1.165) is 12.8 Å². The van der Waals surface area contributed by atoms with Crippen molar-refractivity contribution in [2.45, 2.75) is 25.6 Å². The molecule has 0 saturated heterocycles. The third-order valence-corrected chi connectivity index (χ3v) is 1.81. The smallest absolute Gasteiger partial charge is 0.295 e. The van der Waals surface area contributed by atoms with E-state index in [-0.39, 0.29) is 5.82 Å². The summed E-state index contributed by atoms with van der Waals surface area (Å²) in [5, 5.41) is 8.64. The second-order valence-electron chi connectivity index (χ2n) is 2.54. The number of allylic oxidation sites excluding steroid dienone is 4. The molecule has 1 unspecified atom stereocenters. The van der Waals surface area contributed by atoms with Crippen molar-refractivity contribution in [1.29, 1.82) is 0 Å². The van der Waals surface area contributed by atoms with Crippen LogP contribution in [0.25, 0.3) is 0 Å². The number of rotatable bonds is 2. The van der Waals surface area contributed by atoms with Crippen molar-refractivity contribution in [3.05, 3.63) is 23.8 Å². The average Bonchev–Trinajstić information content (AvgIpc) is 2.05. The van der Waals surface area contributed by atoms with Gasteiger partial charge in [0, 0.05) is 0 Å². The van der Waals surface area contributed by atoms with Crippen LogP contribution in [-0.4, -0.2) is 12.5 Å². The zero-order valence-electron chi connectivity index (χ0n) is 6.25. The van der Waals surface area contributed by atoms with Crippen molar-refractivity contribution in [3.63, 3.8) is 0 Å². The Morgan fingerprint density at radius 2 is 2.60 bits per heavy atom. The first-order valence-corrected chi connectivity index (χ1v) is 3.71. The fourth-order valence-corrected chi connectivity index (χ4v) is 1.05. The summed E-state index contributed by atoms with van der Waals surface area (Å²) in [6.45, 7) is 2.14. The Morgan fingerprint density at radius 1 is 1.80 bits per heavy atom. The van der Waals surface area contributed by atoms with Crippen LogP contribution in [0.15, 0.2) is 23.8 Å². The number of hydrogen-bond acceptors (Lipinski definition) is 1. The molecule has 1 radical (unpaired) electrons. The molecule has 0 aromatic carbocycles. The van der Waals surface area contributed by atoms with Gasteiger partial charge in [-0.1, -0.05) is 30.7 Å². The van der Waals surface area contributed by atoms with Crippen molar-refractivity contribution >= 4 is 7.48 Å². The zero-order chi connectivity index (χ0) is 7.40. The second kappa shape index (κ2) is 3.62. The van der Waals surface area contributed by atoms with E-state index in [1.165, 1.54) is 13.1 Å². The molecule has 0 amide bonds. The van der Waals surface area contributed by atoms with E-state index >= 15 is 0 Å². The van der Waals surface area contributed by atoms with Crippen molar-refractivity contribution in [2.75, 3.05) is 0 Å². The molecule has 0 aromatic rings. The van der Waals surface area contributed by atoms with E-state index in [9.17, 15) is 0 Å². The Hall–Kier alpha value is -0.495. The molecular weight excluding hydrogens is 123 g/mol. The van der Waals surface area contributed by atoms with Gasteiger partial charge in [-0.3, -0.25) is 0 Å². The average molecular weight is 135 g/mol. The molecule has 53 valence electrons. The molecule has 10 heavy (non-hydrogen) atoms. The molecular formula is C8H12BO. The predicted octanol–water partition coefficient (Wildman–Crippen LogP) is 1.68. The van der Waals surface area contributed by atoms with Crippen LogP contribution in [0.3, 0.4) is 0 Å². The van der Waals surface area contributed by atoms with Crippen LogP contribution in [-0.2, 0) is 0 Å². The summed E-state index contributed by atoms with van der Waals surface area (Å²) in [6.07, 6.45) is 8.35. The maximum absolute atomic E-state index is 8.64. The first kappa shape index (κ1) is 7.61. The molecule has 2 heteroatoms. The van der Waals surface area contributed by atoms with Crippen LogP contribution in [0, 0.1) is 0 Å². The van der Waals surface area contributed by atoms with Crippen LogP contribution in [0.2, 0.25) is 5.82 Å². The zero-order valence-corrected chi connectivity index (χ0v) is 6.25. The lowest BCUT2D eigenvalue weighted by molar-refractivity contribution is 0.588. The van der Waals surface area contributed by atoms with E-state index in [2.05, 4.69) is 19.1 Å². The molecule has 0 aromatic heterocycles. The van der Waals surface area contributed by atoms with Crippen molar-refractivity contribution in [2.24, 2.45) is 0 Å². The van der Waals surface area contributed by atoms with E-state index in [1.54, 1.807) is 0 Å². The molecule has 1 aliphatic rings. The highest BCUT2D eigenvalue weighted by Crippen LogP contribution is 2.20. The largest absolute Gasteiger partial charge is 0.454 e. The molecule has 1 rings (SSSR count). The lowest BCUT2D eigenvalue weighted by Gasteiger charge is -2.10. The molecule has 0 heterocycles. The maximum Gasteiger partial charge on any atom is 0.295 e. The van der Waals surface area contributed by atoms with Crippen LogP contribution in [0.4, 0.5) is 0 Å². The van der Waals surface area contributed by atoms with Gasteiger partial charge in [-0.05, 0) is 18.7 Å². The quantitative estimate of drug-likeness (QED) is 0.571. The monoisotopic (exact) mass is 135 g/mol. The fraction of sp³-hybridized carbons (Fsp3) is 0.500. The van der Waals surface area contributed by atoms with Gasteiger partial charge in [0.1, 0.15) is 0 Å². The molecule has 0 saturated carbocycles. The van der Waals surface area contributed by atoms with Crippen molar-refractivity contribution in [1.82, 2.24) is 0 Å². The summed E-state index contributed by atoms with van der Waals surface area (Å²) >= 11 is 0. The SMILES string of the molecule is CCC1=CCC([B]O)C=C1. The highest BCUT2D eigenvalue weighted by molar-refractivity contribution is 6.28. The molecule has 1 atom stereocenters. The van der Waals surface area contributed by atoms with E-state index in [4.69, 9.17) is 5.02 Å². The van der Waals surface area contributed by atoms with Crippen LogP contribution >= 0.6 is 0 Å². The van der Waals surface area contributed by atoms with Gasteiger partial charge in [0.2, 0.25) is 0 Å². The lowest BCUT2D eigenvalue weighted by Crippen LogP contribution is -2.01. The minimum Gasteiger partial charge on any atom is -0.454 e. The summed E-state index contributed by atoms with van der Waals surface area (Å²) in [5.41, 5.74) is 1.37. The lowest BCUT2D eigenvalue weighted by atomic mass is 9.75. The molecule has 1 aliphatic carbocycles.